The molecule has 2 N–H and O–H groups in total. The first-order valence-electron chi connectivity index (χ1n) is 8.90. The smallest absolute Gasteiger partial charge is 0.245 e. The van der Waals surface area contributed by atoms with Gasteiger partial charge in [-0.15, -0.1) is 11.3 Å². The van der Waals surface area contributed by atoms with E-state index in [1.165, 1.54) is 11.3 Å². The van der Waals surface area contributed by atoms with Gasteiger partial charge in [-0.05, 0) is 61.7 Å². The Balaban J connectivity index is 1.98. The third-order valence-electron chi connectivity index (χ3n) is 4.91. The number of ether oxygens (including phenoxy) is 1. The largest absolute Gasteiger partial charge is 0.494 e. The normalized spacial score (nSPS) is 21.6. The van der Waals surface area contributed by atoms with E-state index in [1.807, 2.05) is 37.3 Å². The Hall–Kier alpha value is -1.90. The van der Waals surface area contributed by atoms with Gasteiger partial charge >= 0.3 is 0 Å². The van der Waals surface area contributed by atoms with Crippen LogP contribution in [0.5, 0.6) is 5.75 Å². The summed E-state index contributed by atoms with van der Waals surface area (Å²) in [6.07, 6.45) is 1.44. The van der Waals surface area contributed by atoms with Gasteiger partial charge in [0.05, 0.1) is 18.8 Å². The SMILES string of the molecule is CCOc1ccc(-c2ccc([C@@]3(CC(=O)NO)CCCCS3(=O)=O)s2)cc1. The molecule has 3 rings (SSSR count). The van der Waals surface area contributed by atoms with Gasteiger partial charge in [0.15, 0.2) is 9.84 Å². The fourth-order valence-corrected chi connectivity index (χ4v) is 7.32. The van der Waals surface area contributed by atoms with Gasteiger partial charge in [-0.1, -0.05) is 6.42 Å². The first kappa shape index (κ1) is 19.9. The van der Waals surface area contributed by atoms with Crippen molar-refractivity contribution >= 4 is 27.1 Å². The van der Waals surface area contributed by atoms with Gasteiger partial charge < -0.3 is 4.74 Å². The van der Waals surface area contributed by atoms with Gasteiger partial charge in [-0.25, -0.2) is 13.9 Å². The minimum absolute atomic E-state index is 0.0575. The molecule has 1 aromatic heterocycles. The zero-order valence-electron chi connectivity index (χ0n) is 15.1. The highest BCUT2D eigenvalue weighted by Crippen LogP contribution is 2.47. The summed E-state index contributed by atoms with van der Waals surface area (Å²) in [5.41, 5.74) is 2.55. The van der Waals surface area contributed by atoms with Crippen molar-refractivity contribution in [3.8, 4) is 16.2 Å². The third kappa shape index (κ3) is 3.88. The lowest BCUT2D eigenvalue weighted by Crippen LogP contribution is -2.43. The summed E-state index contributed by atoms with van der Waals surface area (Å²) < 4.78 is 30.1. The lowest BCUT2D eigenvalue weighted by Gasteiger charge is -2.35. The molecule has 0 aliphatic carbocycles. The summed E-state index contributed by atoms with van der Waals surface area (Å²) in [7, 11) is -3.51. The summed E-state index contributed by atoms with van der Waals surface area (Å²) in [5.74, 6) is 0.155. The van der Waals surface area contributed by atoms with Crippen LogP contribution in [0.4, 0.5) is 0 Å². The highest BCUT2D eigenvalue weighted by atomic mass is 32.2. The molecule has 2 heterocycles. The van der Waals surface area contributed by atoms with Gasteiger partial charge in [0, 0.05) is 9.75 Å². The number of carbonyl (C=O) groups excluding carboxylic acids is 1. The molecule has 0 unspecified atom stereocenters. The number of amides is 1. The number of sulfone groups is 1. The topological polar surface area (TPSA) is 92.7 Å². The van der Waals surface area contributed by atoms with E-state index in [1.54, 1.807) is 11.5 Å². The summed E-state index contributed by atoms with van der Waals surface area (Å²) in [6.45, 7) is 2.52. The zero-order chi connectivity index (χ0) is 19.5. The monoisotopic (exact) mass is 409 g/mol. The standard InChI is InChI=1S/C19H23NO5S2/c1-2-25-15-7-5-14(6-8-15)16-9-10-17(26-16)19(13-18(21)20-22)11-3-4-12-27(19,23)24/h5-10,22H,2-4,11-13H2,1H3,(H,20,21)/t19-/m0/s1. The average molecular weight is 410 g/mol. The minimum atomic E-state index is -3.51. The van der Waals surface area contributed by atoms with E-state index in [0.29, 0.717) is 24.3 Å². The highest BCUT2D eigenvalue weighted by molar-refractivity contribution is 7.92. The lowest BCUT2D eigenvalue weighted by atomic mass is 9.94. The van der Waals surface area contributed by atoms with Crippen LogP contribution in [0.1, 0.15) is 37.5 Å². The molecule has 8 heteroatoms. The predicted molar refractivity (Wildman–Crippen MR) is 105 cm³/mol. The summed E-state index contributed by atoms with van der Waals surface area (Å²) in [6, 6.07) is 11.3. The van der Waals surface area contributed by atoms with Gasteiger partial charge in [-0.2, -0.15) is 0 Å². The number of rotatable bonds is 6. The number of nitrogens with one attached hydrogen (secondary N) is 1. The molecule has 146 valence electrons. The van der Waals surface area contributed by atoms with E-state index < -0.39 is 20.5 Å². The number of carbonyl (C=O) groups is 1. The number of hydrogen-bond acceptors (Lipinski definition) is 6. The van der Waals surface area contributed by atoms with Crippen molar-refractivity contribution in [2.24, 2.45) is 0 Å². The van der Waals surface area contributed by atoms with Crippen LogP contribution in [0.15, 0.2) is 36.4 Å². The molecule has 0 spiro atoms. The summed E-state index contributed by atoms with van der Waals surface area (Å²) >= 11 is 1.38. The summed E-state index contributed by atoms with van der Waals surface area (Å²) in [4.78, 5) is 13.5. The fourth-order valence-electron chi connectivity index (χ4n) is 3.53. The molecule has 2 aromatic rings. The second-order valence-electron chi connectivity index (χ2n) is 6.60. The fraction of sp³-hybridized carbons (Fsp3) is 0.421. The van der Waals surface area contributed by atoms with Crippen molar-refractivity contribution in [3.05, 3.63) is 41.3 Å². The Labute approximate surface area is 163 Å². The second-order valence-corrected chi connectivity index (χ2v) is 10.1. The molecule has 6 nitrogen and oxygen atoms in total. The molecule has 27 heavy (non-hydrogen) atoms. The van der Waals surface area contributed by atoms with E-state index in [-0.39, 0.29) is 12.2 Å². The van der Waals surface area contributed by atoms with Gasteiger partial charge in [-0.3, -0.25) is 10.0 Å². The summed E-state index contributed by atoms with van der Waals surface area (Å²) in [5, 5.41) is 8.95. The highest BCUT2D eigenvalue weighted by Gasteiger charge is 2.49. The van der Waals surface area contributed by atoms with Crippen LogP contribution in [-0.2, 0) is 19.4 Å². The second kappa shape index (κ2) is 8.00. The van der Waals surface area contributed by atoms with Crippen LogP contribution in [-0.4, -0.2) is 31.9 Å². The van der Waals surface area contributed by atoms with Crippen molar-refractivity contribution in [1.82, 2.24) is 5.48 Å². The number of benzene rings is 1. The molecule has 1 aromatic carbocycles. The molecule has 1 amide bonds. The zero-order valence-corrected chi connectivity index (χ0v) is 16.7. The molecular formula is C19H23NO5S2. The Bertz CT molecular complexity index is 904. The average Bonchev–Trinajstić information content (AvgIpc) is 3.14. The van der Waals surface area contributed by atoms with E-state index in [9.17, 15) is 13.2 Å². The maximum Gasteiger partial charge on any atom is 0.245 e. The quantitative estimate of drug-likeness (QED) is 0.563. The van der Waals surface area contributed by atoms with Crippen LogP contribution >= 0.6 is 11.3 Å². The Morgan fingerprint density at radius 1 is 1.22 bits per heavy atom. The van der Waals surface area contributed by atoms with Gasteiger partial charge in [0.2, 0.25) is 5.91 Å². The maximum atomic E-state index is 12.9. The molecule has 0 radical (unpaired) electrons. The minimum Gasteiger partial charge on any atom is -0.494 e. The molecule has 1 aliphatic rings. The maximum absolute atomic E-state index is 12.9. The van der Waals surface area contributed by atoms with Crippen LogP contribution in [0.3, 0.4) is 0 Å². The molecule has 0 saturated carbocycles. The molecule has 0 bridgehead atoms. The predicted octanol–water partition coefficient (Wildman–Crippen LogP) is 3.50. The first-order chi connectivity index (χ1) is 12.9. The van der Waals surface area contributed by atoms with Crippen molar-refractivity contribution in [1.29, 1.82) is 0 Å². The first-order valence-corrected chi connectivity index (χ1v) is 11.4. The lowest BCUT2D eigenvalue weighted by molar-refractivity contribution is -0.130. The molecule has 1 fully saturated rings. The van der Waals surface area contributed by atoms with Crippen molar-refractivity contribution < 1.29 is 23.2 Å². The number of thiophene rings is 1. The molecule has 1 atom stereocenters. The Morgan fingerprint density at radius 2 is 1.96 bits per heavy atom. The Morgan fingerprint density at radius 3 is 2.59 bits per heavy atom. The van der Waals surface area contributed by atoms with E-state index in [4.69, 9.17) is 9.94 Å². The molecule has 1 saturated heterocycles. The van der Waals surface area contributed by atoms with Crippen LogP contribution in [0.25, 0.3) is 10.4 Å². The van der Waals surface area contributed by atoms with E-state index >= 15 is 0 Å². The van der Waals surface area contributed by atoms with Crippen LogP contribution in [0, 0.1) is 0 Å². The van der Waals surface area contributed by atoms with Crippen LogP contribution in [0.2, 0.25) is 0 Å². The Kier molecular flexibility index (Phi) is 5.88. The van der Waals surface area contributed by atoms with E-state index in [2.05, 4.69) is 0 Å². The van der Waals surface area contributed by atoms with Crippen molar-refractivity contribution in [2.75, 3.05) is 12.4 Å². The third-order valence-corrected chi connectivity index (χ3v) is 8.97. The van der Waals surface area contributed by atoms with Crippen LogP contribution < -0.4 is 10.2 Å². The number of hydroxylamine groups is 1. The van der Waals surface area contributed by atoms with Crippen molar-refractivity contribution in [2.45, 2.75) is 37.4 Å². The molecular weight excluding hydrogens is 386 g/mol. The van der Waals surface area contributed by atoms with Gasteiger partial charge in [0.25, 0.3) is 0 Å². The number of hydrogen-bond donors (Lipinski definition) is 2. The van der Waals surface area contributed by atoms with E-state index in [0.717, 1.165) is 22.6 Å². The van der Waals surface area contributed by atoms with Crippen molar-refractivity contribution in [3.63, 3.8) is 0 Å². The van der Waals surface area contributed by atoms with Gasteiger partial charge in [0.1, 0.15) is 10.5 Å². The molecule has 1 aliphatic heterocycles.